The second-order valence-electron chi connectivity index (χ2n) is 4.14. The zero-order chi connectivity index (χ0) is 12.0. The van der Waals surface area contributed by atoms with Crippen molar-refractivity contribution in [2.24, 2.45) is 0 Å². The standard InChI is InChI=1S/C11H11ClN4O/c12-6-1-11(17)16(4-6)10-3-9-8(2-7(10)13)14-5-15-9/h2-3,5-6H,1,4,13H2,(H,14,15). The van der Waals surface area contributed by atoms with Crippen LogP contribution < -0.4 is 10.6 Å². The summed E-state index contributed by atoms with van der Waals surface area (Å²) in [6, 6.07) is 3.60. The van der Waals surface area contributed by atoms with Crippen LogP contribution in [0.1, 0.15) is 6.42 Å². The minimum Gasteiger partial charge on any atom is -0.397 e. The Morgan fingerprint density at radius 3 is 3.06 bits per heavy atom. The summed E-state index contributed by atoms with van der Waals surface area (Å²) in [5.41, 5.74) is 8.85. The van der Waals surface area contributed by atoms with Crippen molar-refractivity contribution >= 4 is 39.9 Å². The monoisotopic (exact) mass is 250 g/mol. The topological polar surface area (TPSA) is 75.0 Å². The summed E-state index contributed by atoms with van der Waals surface area (Å²) in [7, 11) is 0. The van der Waals surface area contributed by atoms with Crippen LogP contribution in [0.4, 0.5) is 11.4 Å². The molecule has 88 valence electrons. The van der Waals surface area contributed by atoms with E-state index in [1.165, 1.54) is 0 Å². The maximum Gasteiger partial charge on any atom is 0.228 e. The fourth-order valence-electron chi connectivity index (χ4n) is 2.12. The van der Waals surface area contributed by atoms with Gasteiger partial charge in [-0.25, -0.2) is 4.98 Å². The number of hydrogen-bond acceptors (Lipinski definition) is 3. The first-order valence-electron chi connectivity index (χ1n) is 5.32. The third-order valence-corrected chi connectivity index (χ3v) is 3.23. The first-order chi connectivity index (χ1) is 8.15. The highest BCUT2D eigenvalue weighted by Crippen LogP contribution is 2.31. The maximum absolute atomic E-state index is 11.8. The van der Waals surface area contributed by atoms with Gasteiger partial charge in [-0.1, -0.05) is 0 Å². The number of nitrogens with one attached hydrogen (secondary N) is 1. The van der Waals surface area contributed by atoms with Crippen molar-refractivity contribution in [1.82, 2.24) is 9.97 Å². The van der Waals surface area contributed by atoms with Crippen molar-refractivity contribution < 1.29 is 4.79 Å². The molecule has 0 saturated carbocycles. The van der Waals surface area contributed by atoms with E-state index in [4.69, 9.17) is 17.3 Å². The summed E-state index contributed by atoms with van der Waals surface area (Å²) in [5, 5.41) is -0.142. The van der Waals surface area contributed by atoms with Crippen LogP contribution in [0.2, 0.25) is 0 Å². The van der Waals surface area contributed by atoms with Crippen LogP contribution in [0.3, 0.4) is 0 Å². The van der Waals surface area contributed by atoms with Crippen LogP contribution in [0.5, 0.6) is 0 Å². The number of aromatic nitrogens is 2. The lowest BCUT2D eigenvalue weighted by molar-refractivity contribution is -0.117. The molecule has 1 aliphatic rings. The predicted molar refractivity (Wildman–Crippen MR) is 67.1 cm³/mol. The molecule has 3 rings (SSSR count). The smallest absolute Gasteiger partial charge is 0.228 e. The number of halogens is 1. The molecule has 0 bridgehead atoms. The number of benzene rings is 1. The number of alkyl halides is 1. The third kappa shape index (κ3) is 1.63. The van der Waals surface area contributed by atoms with Gasteiger partial charge in [0.25, 0.3) is 0 Å². The van der Waals surface area contributed by atoms with Gasteiger partial charge in [-0.05, 0) is 12.1 Å². The Bertz CT molecular complexity index is 594. The second kappa shape index (κ2) is 3.63. The second-order valence-corrected chi connectivity index (χ2v) is 4.75. The quantitative estimate of drug-likeness (QED) is 0.595. The molecule has 5 nitrogen and oxygen atoms in total. The largest absolute Gasteiger partial charge is 0.397 e. The van der Waals surface area contributed by atoms with Gasteiger partial charge in [0.05, 0.1) is 34.1 Å². The predicted octanol–water partition coefficient (Wildman–Crippen LogP) is 1.49. The number of rotatable bonds is 1. The van der Waals surface area contributed by atoms with Crippen LogP contribution in [0.15, 0.2) is 18.5 Å². The molecule has 1 amide bonds. The van der Waals surface area contributed by atoms with Crippen molar-refractivity contribution in [1.29, 1.82) is 0 Å². The molecule has 0 spiro atoms. The third-order valence-electron chi connectivity index (χ3n) is 2.94. The molecular weight excluding hydrogens is 240 g/mol. The number of imidazole rings is 1. The van der Waals surface area contributed by atoms with Gasteiger partial charge < -0.3 is 15.6 Å². The number of anilines is 2. The summed E-state index contributed by atoms with van der Waals surface area (Å²) in [4.78, 5) is 20.5. The van der Waals surface area contributed by atoms with Gasteiger partial charge in [0.15, 0.2) is 0 Å². The summed E-state index contributed by atoms with van der Waals surface area (Å²) in [6.07, 6.45) is 1.96. The highest BCUT2D eigenvalue weighted by molar-refractivity contribution is 6.24. The van der Waals surface area contributed by atoms with Crippen molar-refractivity contribution in [2.75, 3.05) is 17.2 Å². The number of aromatic amines is 1. The number of fused-ring (bicyclic) bond motifs is 1. The summed E-state index contributed by atoms with van der Waals surface area (Å²) >= 11 is 5.98. The molecular formula is C11H11ClN4O. The summed E-state index contributed by atoms with van der Waals surface area (Å²) < 4.78 is 0. The SMILES string of the molecule is Nc1cc2[nH]cnc2cc1N1CC(Cl)CC1=O. The normalized spacial score (nSPS) is 20.4. The molecule has 1 saturated heterocycles. The average molecular weight is 251 g/mol. The van der Waals surface area contributed by atoms with E-state index in [-0.39, 0.29) is 11.3 Å². The molecule has 1 aromatic heterocycles. The minimum absolute atomic E-state index is 0.00610. The molecule has 1 aromatic carbocycles. The van der Waals surface area contributed by atoms with Gasteiger partial charge in [-0.3, -0.25) is 4.79 Å². The molecule has 17 heavy (non-hydrogen) atoms. The van der Waals surface area contributed by atoms with Crippen molar-refractivity contribution in [3.8, 4) is 0 Å². The van der Waals surface area contributed by atoms with E-state index in [0.717, 1.165) is 11.0 Å². The lowest BCUT2D eigenvalue weighted by Gasteiger charge is -2.17. The Kier molecular flexibility index (Phi) is 2.22. The molecule has 2 aromatic rings. The molecule has 1 atom stereocenters. The molecule has 6 heteroatoms. The lowest BCUT2D eigenvalue weighted by atomic mass is 10.2. The average Bonchev–Trinajstić information content (AvgIpc) is 2.83. The van der Waals surface area contributed by atoms with E-state index in [9.17, 15) is 4.79 Å². The van der Waals surface area contributed by atoms with Crippen molar-refractivity contribution in [3.63, 3.8) is 0 Å². The molecule has 1 unspecified atom stereocenters. The minimum atomic E-state index is -0.142. The molecule has 2 heterocycles. The van der Waals surface area contributed by atoms with Gasteiger partial charge in [0.2, 0.25) is 5.91 Å². The number of nitrogens with two attached hydrogens (primary N) is 1. The lowest BCUT2D eigenvalue weighted by Crippen LogP contribution is -2.25. The van der Waals surface area contributed by atoms with Crippen LogP contribution in [0.25, 0.3) is 11.0 Å². The van der Waals surface area contributed by atoms with Gasteiger partial charge in [0.1, 0.15) is 0 Å². The zero-order valence-electron chi connectivity index (χ0n) is 8.98. The molecule has 1 fully saturated rings. The van der Waals surface area contributed by atoms with Crippen LogP contribution in [-0.4, -0.2) is 27.8 Å². The van der Waals surface area contributed by atoms with Crippen LogP contribution >= 0.6 is 11.6 Å². The molecule has 0 radical (unpaired) electrons. The number of nitrogen functional groups attached to an aromatic ring is 1. The Balaban J connectivity index is 2.10. The highest BCUT2D eigenvalue weighted by atomic mass is 35.5. The van der Waals surface area contributed by atoms with Gasteiger partial charge in [-0.15, -0.1) is 11.6 Å². The maximum atomic E-state index is 11.8. The Morgan fingerprint density at radius 1 is 1.53 bits per heavy atom. The van der Waals surface area contributed by atoms with Crippen molar-refractivity contribution in [3.05, 3.63) is 18.5 Å². The Morgan fingerprint density at radius 2 is 2.35 bits per heavy atom. The van der Waals surface area contributed by atoms with E-state index >= 15 is 0 Å². The van der Waals surface area contributed by atoms with Crippen LogP contribution in [-0.2, 0) is 4.79 Å². The Hall–Kier alpha value is -1.75. The fourth-order valence-corrected chi connectivity index (χ4v) is 2.39. The number of carbonyl (C=O) groups is 1. The highest BCUT2D eigenvalue weighted by Gasteiger charge is 2.30. The number of amides is 1. The van der Waals surface area contributed by atoms with Gasteiger partial charge in [-0.2, -0.15) is 0 Å². The van der Waals surface area contributed by atoms with E-state index in [0.29, 0.717) is 24.3 Å². The number of nitrogens with zero attached hydrogens (tertiary/aromatic N) is 2. The number of carbonyl (C=O) groups excluding carboxylic acids is 1. The molecule has 0 aliphatic carbocycles. The van der Waals surface area contributed by atoms with Crippen LogP contribution in [0, 0.1) is 0 Å². The Labute approximate surface area is 103 Å². The number of hydrogen-bond donors (Lipinski definition) is 2. The van der Waals surface area contributed by atoms with Crippen molar-refractivity contribution in [2.45, 2.75) is 11.8 Å². The molecule has 1 aliphatic heterocycles. The first kappa shape index (κ1) is 10.4. The van der Waals surface area contributed by atoms with Gasteiger partial charge >= 0.3 is 0 Å². The first-order valence-corrected chi connectivity index (χ1v) is 5.76. The summed E-state index contributed by atoms with van der Waals surface area (Å²) in [5.74, 6) is 0.00610. The van der Waals surface area contributed by atoms with E-state index < -0.39 is 0 Å². The molecule has 3 N–H and O–H groups in total. The zero-order valence-corrected chi connectivity index (χ0v) is 9.74. The van der Waals surface area contributed by atoms with E-state index in [2.05, 4.69) is 9.97 Å². The van der Waals surface area contributed by atoms with E-state index in [1.54, 1.807) is 17.3 Å². The number of H-pyrrole nitrogens is 1. The van der Waals surface area contributed by atoms with Gasteiger partial charge in [0, 0.05) is 13.0 Å². The van der Waals surface area contributed by atoms with E-state index in [1.807, 2.05) is 6.07 Å². The fraction of sp³-hybridized carbons (Fsp3) is 0.273. The summed E-state index contributed by atoms with van der Waals surface area (Å²) in [6.45, 7) is 0.501.